The van der Waals surface area contributed by atoms with Crippen LogP contribution in [0.4, 0.5) is 37.0 Å². The number of imidazole rings is 2. The van der Waals surface area contributed by atoms with Crippen LogP contribution in [0.2, 0.25) is 5.15 Å². The molecule has 352 valence electrons. The number of aryl methyl sites for hydroxylation is 2. The number of amides is 1. The number of ether oxygens (including phenoxy) is 1. The molecule has 0 unspecified atom stereocenters. The standard InChI is InChI=1S/C22H26F3N5O5S.C17H16ClF3N4O3S/c1-7-30-14(22(23,24)25)11-12-17(19(30)31)29(6)18(26-12)16-13(36(33,34)8-2)9-10-15(27-16)28-20(32)35-21(3,4)5;1-4-25-11(17(19,20)21)8-9-14(16(25)26)24(3)15(22-9)13-10(29(27,28)5-2)6-7-12(18)23-13/h9-11H,7-8H2,1-6H3,(H,27,28,32);6-8H,4-5H2,1-3H3. The molecule has 6 aromatic rings. The van der Waals surface area contributed by atoms with Crippen molar-refractivity contribution in [2.75, 3.05) is 16.8 Å². The maximum absolute atomic E-state index is 13.6. The average Bonchev–Trinajstić information content (AvgIpc) is 3.72. The maximum Gasteiger partial charge on any atom is 0.431 e. The first kappa shape index (κ1) is 50.2. The number of nitrogens with one attached hydrogen (secondary N) is 1. The Morgan fingerprint density at radius 3 is 1.45 bits per heavy atom. The molecule has 1 N–H and O–H groups in total. The van der Waals surface area contributed by atoms with E-state index >= 15 is 0 Å². The largest absolute Gasteiger partial charge is 0.444 e. The number of alkyl halides is 6. The Balaban J connectivity index is 0.000000250. The van der Waals surface area contributed by atoms with Gasteiger partial charge in [-0.3, -0.25) is 14.9 Å². The maximum atomic E-state index is 13.6. The number of hydrogen-bond donors (Lipinski definition) is 1. The molecule has 0 aromatic carbocycles. The Morgan fingerprint density at radius 2 is 1.08 bits per heavy atom. The number of pyridine rings is 4. The van der Waals surface area contributed by atoms with Gasteiger partial charge in [0.15, 0.2) is 31.3 Å². The number of hydrogen-bond acceptors (Lipinski definition) is 12. The number of halogens is 7. The Morgan fingerprint density at radius 1 is 0.677 bits per heavy atom. The highest BCUT2D eigenvalue weighted by molar-refractivity contribution is 7.91. The molecule has 0 saturated heterocycles. The van der Waals surface area contributed by atoms with E-state index in [0.29, 0.717) is 9.13 Å². The van der Waals surface area contributed by atoms with E-state index in [2.05, 4.69) is 25.3 Å². The van der Waals surface area contributed by atoms with Crippen molar-refractivity contribution < 1.29 is 52.7 Å². The van der Waals surface area contributed by atoms with Gasteiger partial charge in [-0.2, -0.15) is 26.3 Å². The van der Waals surface area contributed by atoms with E-state index in [1.165, 1.54) is 75.2 Å². The predicted octanol–water partition coefficient (Wildman–Crippen LogP) is 7.26. The van der Waals surface area contributed by atoms with Gasteiger partial charge in [0.05, 0.1) is 32.3 Å². The van der Waals surface area contributed by atoms with Gasteiger partial charge in [-0.15, -0.1) is 0 Å². The molecular formula is C39H42ClF6N9O8S2. The number of anilines is 1. The lowest BCUT2D eigenvalue weighted by Crippen LogP contribution is -2.28. The van der Waals surface area contributed by atoms with Crippen LogP contribution in [-0.4, -0.2) is 78.2 Å². The van der Waals surface area contributed by atoms with Gasteiger partial charge in [-0.1, -0.05) is 25.4 Å². The smallest absolute Gasteiger partial charge is 0.431 e. The van der Waals surface area contributed by atoms with E-state index in [9.17, 15) is 57.6 Å². The van der Waals surface area contributed by atoms with Crippen LogP contribution < -0.4 is 16.4 Å². The second-order valence-electron chi connectivity index (χ2n) is 15.1. The van der Waals surface area contributed by atoms with E-state index in [0.717, 1.165) is 12.1 Å². The summed E-state index contributed by atoms with van der Waals surface area (Å²) in [5, 5.41) is 2.37. The van der Waals surface area contributed by atoms with Gasteiger partial charge >= 0.3 is 18.4 Å². The summed E-state index contributed by atoms with van der Waals surface area (Å²) in [5.41, 5.74) is -6.08. The molecule has 1 amide bonds. The van der Waals surface area contributed by atoms with Gasteiger partial charge in [-0.25, -0.2) is 41.6 Å². The van der Waals surface area contributed by atoms with Crippen molar-refractivity contribution >= 4 is 65.3 Å². The number of nitrogens with zero attached hydrogens (tertiary/aromatic N) is 8. The number of aromatic nitrogens is 8. The zero-order valence-corrected chi connectivity index (χ0v) is 38.5. The molecule has 6 rings (SSSR count). The summed E-state index contributed by atoms with van der Waals surface area (Å²) in [6, 6.07) is 6.52. The van der Waals surface area contributed by atoms with Crippen LogP contribution >= 0.6 is 11.6 Å². The first-order valence-corrected chi connectivity index (χ1v) is 23.1. The molecule has 0 fully saturated rings. The molecule has 6 heterocycles. The van der Waals surface area contributed by atoms with E-state index in [1.807, 2.05) is 0 Å². The molecule has 17 nitrogen and oxygen atoms in total. The fraction of sp³-hybridized carbons (Fsp3) is 0.410. The van der Waals surface area contributed by atoms with Crippen molar-refractivity contribution in [3.63, 3.8) is 0 Å². The number of fused-ring (bicyclic) bond motifs is 2. The summed E-state index contributed by atoms with van der Waals surface area (Å²) in [6.07, 6.45) is -10.4. The topological polar surface area (TPSA) is 212 Å². The van der Waals surface area contributed by atoms with E-state index in [1.54, 1.807) is 20.8 Å². The van der Waals surface area contributed by atoms with Crippen LogP contribution in [0.15, 0.2) is 55.8 Å². The first-order valence-electron chi connectivity index (χ1n) is 19.4. The van der Waals surface area contributed by atoms with Crippen LogP contribution in [-0.2, 0) is 63.9 Å². The predicted molar refractivity (Wildman–Crippen MR) is 228 cm³/mol. The molecule has 0 aliphatic carbocycles. The molecule has 0 aliphatic heterocycles. The van der Waals surface area contributed by atoms with Crippen molar-refractivity contribution in [3.8, 4) is 23.0 Å². The Bertz CT molecular complexity index is 3210. The van der Waals surface area contributed by atoms with Crippen molar-refractivity contribution in [3.05, 3.63) is 73.6 Å². The van der Waals surface area contributed by atoms with Crippen molar-refractivity contribution in [2.24, 2.45) is 14.1 Å². The van der Waals surface area contributed by atoms with E-state index in [-0.39, 0.29) is 90.5 Å². The van der Waals surface area contributed by atoms with Gasteiger partial charge in [0.2, 0.25) is 0 Å². The lowest BCUT2D eigenvalue weighted by molar-refractivity contribution is -0.144. The van der Waals surface area contributed by atoms with Gasteiger partial charge in [0.1, 0.15) is 50.4 Å². The monoisotopic (exact) mass is 977 g/mol. The van der Waals surface area contributed by atoms with Gasteiger partial charge < -0.3 is 23.0 Å². The lowest BCUT2D eigenvalue weighted by atomic mass is 10.2. The number of sulfone groups is 2. The Kier molecular flexibility index (Phi) is 13.8. The zero-order valence-electron chi connectivity index (χ0n) is 36.1. The number of carbonyl (C=O) groups is 1. The molecule has 0 atom stereocenters. The second-order valence-corrected chi connectivity index (χ2v) is 19.9. The van der Waals surface area contributed by atoms with Gasteiger partial charge in [0.25, 0.3) is 11.1 Å². The van der Waals surface area contributed by atoms with Gasteiger partial charge in [0, 0.05) is 27.2 Å². The van der Waals surface area contributed by atoms with Crippen molar-refractivity contribution in [1.82, 2.24) is 38.2 Å². The summed E-state index contributed by atoms with van der Waals surface area (Å²) in [7, 11) is -4.84. The van der Waals surface area contributed by atoms with Crippen LogP contribution in [0.5, 0.6) is 0 Å². The Hall–Kier alpha value is -5.82. The minimum Gasteiger partial charge on any atom is -0.444 e. The third-order valence-electron chi connectivity index (χ3n) is 9.65. The molecule has 26 heteroatoms. The normalized spacial score (nSPS) is 12.7. The lowest BCUT2D eigenvalue weighted by Gasteiger charge is -2.19. The van der Waals surface area contributed by atoms with E-state index in [4.69, 9.17) is 16.3 Å². The van der Waals surface area contributed by atoms with Gasteiger partial charge in [-0.05, 0) is 71.0 Å². The molecule has 0 aliphatic rings. The summed E-state index contributed by atoms with van der Waals surface area (Å²) in [6.45, 7) is 10.2. The minimum absolute atomic E-state index is 0.0240. The highest BCUT2D eigenvalue weighted by Gasteiger charge is 2.38. The molecule has 6 aromatic heterocycles. The summed E-state index contributed by atoms with van der Waals surface area (Å²) < 4.78 is 140. The fourth-order valence-corrected chi connectivity index (χ4v) is 8.82. The quantitative estimate of drug-likeness (QED) is 0.112. The Labute approximate surface area is 371 Å². The number of carbonyl (C=O) groups excluding carboxylic acids is 1. The van der Waals surface area contributed by atoms with Crippen molar-refractivity contribution in [1.29, 1.82) is 0 Å². The molecule has 65 heavy (non-hydrogen) atoms. The summed E-state index contributed by atoms with van der Waals surface area (Å²) >= 11 is 5.92. The summed E-state index contributed by atoms with van der Waals surface area (Å²) in [4.78, 5) is 54.0. The molecular weight excluding hydrogens is 936 g/mol. The minimum atomic E-state index is -4.81. The zero-order chi connectivity index (χ0) is 48.9. The summed E-state index contributed by atoms with van der Waals surface area (Å²) in [5.74, 6) is -0.847. The highest BCUT2D eigenvalue weighted by Crippen LogP contribution is 2.35. The fourth-order valence-electron chi connectivity index (χ4n) is 6.64. The highest BCUT2D eigenvalue weighted by atomic mass is 35.5. The third-order valence-corrected chi connectivity index (χ3v) is 13.4. The average molecular weight is 978 g/mol. The van der Waals surface area contributed by atoms with Crippen LogP contribution in [0.3, 0.4) is 0 Å². The van der Waals surface area contributed by atoms with Crippen LogP contribution in [0.25, 0.3) is 45.1 Å². The third kappa shape index (κ3) is 10.0. The van der Waals surface area contributed by atoms with Crippen molar-refractivity contribution in [2.45, 2.75) is 89.3 Å². The van der Waals surface area contributed by atoms with E-state index < -0.39 is 66.2 Å². The van der Waals surface area contributed by atoms with Crippen LogP contribution in [0, 0.1) is 0 Å². The number of rotatable bonds is 9. The molecule has 0 radical (unpaired) electrons. The molecule has 0 bridgehead atoms. The second kappa shape index (κ2) is 17.9. The first-order chi connectivity index (χ1) is 29.9. The van der Waals surface area contributed by atoms with Crippen LogP contribution in [0.1, 0.15) is 59.9 Å². The molecule has 0 spiro atoms. The molecule has 0 saturated carbocycles. The SMILES string of the molecule is CCn1c(C(F)(F)F)cc2nc(-c3nc(Cl)ccc3S(=O)(=O)CC)n(C)c2c1=O.CCn1c(C(F)(F)F)cc2nc(-c3nc(NC(=O)OC(C)(C)C)ccc3S(=O)(=O)CC)n(C)c2c1=O.